The lowest BCUT2D eigenvalue weighted by Gasteiger charge is -1.92. The summed E-state index contributed by atoms with van der Waals surface area (Å²) in [7, 11) is 1.34. The highest BCUT2D eigenvalue weighted by atomic mass is 16.5. The van der Waals surface area contributed by atoms with Crippen molar-refractivity contribution in [2.45, 2.75) is 6.42 Å². The molecule has 0 aliphatic heterocycles. The second-order valence-electron chi connectivity index (χ2n) is 2.78. The highest BCUT2D eigenvalue weighted by Gasteiger charge is 1.94. The number of carbonyl (C=O) groups excluding carboxylic acids is 1. The lowest BCUT2D eigenvalue weighted by molar-refractivity contribution is -0.139. The van der Waals surface area contributed by atoms with Gasteiger partial charge in [-0.2, -0.15) is 0 Å². The topological polar surface area (TPSA) is 26.3 Å². The van der Waals surface area contributed by atoms with Gasteiger partial charge in [0.2, 0.25) is 0 Å². The molecule has 0 atom stereocenters. The Morgan fingerprint density at radius 1 is 1.47 bits per heavy atom. The zero-order chi connectivity index (χ0) is 11.1. The lowest BCUT2D eigenvalue weighted by Crippen LogP contribution is -1.96. The van der Waals surface area contributed by atoms with Crippen LogP contribution in [0.25, 0.3) is 0 Å². The third kappa shape index (κ3) is 3.58. The summed E-state index contributed by atoms with van der Waals surface area (Å²) in [5, 5.41) is 0. The molecule has 15 heavy (non-hydrogen) atoms. The molecule has 2 heteroatoms. The van der Waals surface area contributed by atoms with Gasteiger partial charge in [0, 0.05) is 11.1 Å². The molecule has 74 valence electrons. The van der Waals surface area contributed by atoms with E-state index in [-0.39, 0.29) is 12.4 Å². The Bertz CT molecular complexity index is 455. The zero-order valence-electron chi connectivity index (χ0n) is 8.41. The van der Waals surface area contributed by atoms with Crippen LogP contribution in [0.3, 0.4) is 0 Å². The molecule has 0 fully saturated rings. The minimum atomic E-state index is -0.337. The highest BCUT2D eigenvalue weighted by Crippen LogP contribution is 2.02. The maximum Gasteiger partial charge on any atom is 0.317 e. The van der Waals surface area contributed by atoms with Crippen molar-refractivity contribution < 1.29 is 9.53 Å². The lowest BCUT2D eigenvalue weighted by atomic mass is 10.1. The molecule has 0 unspecified atom stereocenters. The van der Waals surface area contributed by atoms with Crippen molar-refractivity contribution in [3.05, 3.63) is 35.4 Å². The fourth-order valence-electron chi connectivity index (χ4n) is 0.977. The van der Waals surface area contributed by atoms with Crippen molar-refractivity contribution in [3.8, 4) is 24.2 Å². The quantitative estimate of drug-likeness (QED) is 0.506. The first-order valence-corrected chi connectivity index (χ1v) is 4.38. The molecule has 0 amide bonds. The van der Waals surface area contributed by atoms with E-state index in [1.165, 1.54) is 7.11 Å². The summed E-state index contributed by atoms with van der Waals surface area (Å²) in [5.74, 6) is 7.73. The molecule has 0 radical (unpaired) electrons. The molecule has 1 rings (SSSR count). The third-order valence-electron chi connectivity index (χ3n) is 1.72. The number of ether oxygens (including phenoxy) is 1. The molecule has 0 bridgehead atoms. The maximum atomic E-state index is 10.8. The first-order chi connectivity index (χ1) is 7.26. The fraction of sp³-hybridized carbons (Fsp3) is 0.154. The van der Waals surface area contributed by atoms with Crippen molar-refractivity contribution >= 4 is 5.97 Å². The van der Waals surface area contributed by atoms with Crippen LogP contribution in [-0.2, 0) is 9.53 Å². The van der Waals surface area contributed by atoms with Crippen LogP contribution in [0.2, 0.25) is 0 Å². The van der Waals surface area contributed by atoms with Gasteiger partial charge in [0.25, 0.3) is 0 Å². The van der Waals surface area contributed by atoms with Gasteiger partial charge in [-0.25, -0.2) is 0 Å². The van der Waals surface area contributed by atoms with Gasteiger partial charge in [-0.3, -0.25) is 4.79 Å². The van der Waals surface area contributed by atoms with Gasteiger partial charge >= 0.3 is 5.97 Å². The molecular weight excluding hydrogens is 188 g/mol. The van der Waals surface area contributed by atoms with E-state index in [4.69, 9.17) is 6.42 Å². The molecule has 0 aromatic heterocycles. The summed E-state index contributed by atoms with van der Waals surface area (Å²) in [6.45, 7) is 0. The first kappa shape index (κ1) is 10.9. The molecule has 1 aromatic rings. The van der Waals surface area contributed by atoms with Crippen LogP contribution in [0.5, 0.6) is 0 Å². The smallest absolute Gasteiger partial charge is 0.317 e. The Kier molecular flexibility index (Phi) is 4.01. The van der Waals surface area contributed by atoms with Gasteiger partial charge in [0.1, 0.15) is 6.42 Å². The zero-order valence-corrected chi connectivity index (χ0v) is 8.41. The molecule has 0 aliphatic rings. The summed E-state index contributed by atoms with van der Waals surface area (Å²) < 4.78 is 4.46. The van der Waals surface area contributed by atoms with Crippen LogP contribution in [-0.4, -0.2) is 13.1 Å². The number of methoxy groups -OCH3 is 1. The Labute approximate surface area is 89.3 Å². The summed E-state index contributed by atoms with van der Waals surface area (Å²) in [6, 6.07) is 7.29. The van der Waals surface area contributed by atoms with Gasteiger partial charge in [0.15, 0.2) is 0 Å². The molecule has 1 aromatic carbocycles. The van der Waals surface area contributed by atoms with Crippen LogP contribution in [0.4, 0.5) is 0 Å². The van der Waals surface area contributed by atoms with E-state index in [9.17, 15) is 4.79 Å². The number of carbonyl (C=O) groups is 1. The van der Waals surface area contributed by atoms with Crippen molar-refractivity contribution in [1.29, 1.82) is 0 Å². The maximum absolute atomic E-state index is 10.8. The molecule has 2 nitrogen and oxygen atoms in total. The Morgan fingerprint density at radius 3 is 2.87 bits per heavy atom. The molecule has 0 saturated carbocycles. The van der Waals surface area contributed by atoms with Crippen LogP contribution in [0.1, 0.15) is 17.5 Å². The predicted molar refractivity (Wildman–Crippen MR) is 57.9 cm³/mol. The normalized spacial score (nSPS) is 8.27. The number of terminal acetylenes is 1. The summed E-state index contributed by atoms with van der Waals surface area (Å²) >= 11 is 0. The Morgan fingerprint density at radius 2 is 2.20 bits per heavy atom. The minimum Gasteiger partial charge on any atom is -0.468 e. The second kappa shape index (κ2) is 5.52. The molecule has 0 spiro atoms. The van der Waals surface area contributed by atoms with E-state index in [1.54, 1.807) is 6.07 Å². The van der Waals surface area contributed by atoms with Crippen molar-refractivity contribution in [2.24, 2.45) is 0 Å². The van der Waals surface area contributed by atoms with Crippen molar-refractivity contribution in [2.75, 3.05) is 7.11 Å². The molecule has 0 aliphatic carbocycles. The number of benzene rings is 1. The Balaban J connectivity index is 2.72. The fourth-order valence-corrected chi connectivity index (χ4v) is 0.977. The SMILES string of the molecule is C#Cc1cccc(C#CCC(=O)OC)c1. The third-order valence-corrected chi connectivity index (χ3v) is 1.72. The highest BCUT2D eigenvalue weighted by molar-refractivity contribution is 5.72. The van der Waals surface area contributed by atoms with Gasteiger partial charge in [-0.1, -0.05) is 23.8 Å². The minimum absolute atomic E-state index is 0.0940. The molecule has 0 N–H and O–H groups in total. The number of esters is 1. The summed E-state index contributed by atoms with van der Waals surface area (Å²) in [6.07, 6.45) is 5.34. The second-order valence-corrected chi connectivity index (χ2v) is 2.78. The largest absolute Gasteiger partial charge is 0.468 e. The molecule has 0 saturated heterocycles. The van der Waals surface area contributed by atoms with E-state index in [0.717, 1.165) is 11.1 Å². The van der Waals surface area contributed by atoms with Gasteiger partial charge < -0.3 is 4.74 Å². The van der Waals surface area contributed by atoms with E-state index in [1.807, 2.05) is 18.2 Å². The van der Waals surface area contributed by atoms with Crippen molar-refractivity contribution in [1.82, 2.24) is 0 Å². The number of hydrogen-bond donors (Lipinski definition) is 0. The van der Waals surface area contributed by atoms with Crippen LogP contribution >= 0.6 is 0 Å². The average molecular weight is 198 g/mol. The molecular formula is C13H10O2. The standard InChI is InChI=1S/C13H10O2/c1-3-11-6-4-7-12(10-11)8-5-9-13(14)15-2/h1,4,6-7,10H,9H2,2H3. The van der Waals surface area contributed by atoms with E-state index >= 15 is 0 Å². The number of rotatable bonds is 1. The molecule has 0 heterocycles. The monoisotopic (exact) mass is 198 g/mol. The van der Waals surface area contributed by atoms with Crippen molar-refractivity contribution in [3.63, 3.8) is 0 Å². The summed E-state index contributed by atoms with van der Waals surface area (Å²) in [5.41, 5.74) is 1.58. The van der Waals surface area contributed by atoms with E-state index in [0.29, 0.717) is 0 Å². The Hall–Kier alpha value is -2.19. The van der Waals surface area contributed by atoms with Crippen LogP contribution in [0.15, 0.2) is 24.3 Å². The number of hydrogen-bond acceptors (Lipinski definition) is 2. The van der Waals surface area contributed by atoms with Crippen LogP contribution < -0.4 is 0 Å². The van der Waals surface area contributed by atoms with Crippen LogP contribution in [0, 0.1) is 24.2 Å². The predicted octanol–water partition coefficient (Wildman–Crippen LogP) is 1.58. The van der Waals surface area contributed by atoms with Gasteiger partial charge in [-0.05, 0) is 18.2 Å². The van der Waals surface area contributed by atoms with Gasteiger partial charge in [0.05, 0.1) is 7.11 Å². The van der Waals surface area contributed by atoms with Gasteiger partial charge in [-0.15, -0.1) is 6.42 Å². The summed E-state index contributed by atoms with van der Waals surface area (Å²) in [4.78, 5) is 10.8. The van der Waals surface area contributed by atoms with E-state index < -0.39 is 0 Å². The average Bonchev–Trinajstić information content (AvgIpc) is 2.29. The van der Waals surface area contributed by atoms with E-state index in [2.05, 4.69) is 22.5 Å². The first-order valence-electron chi connectivity index (χ1n) is 4.38.